The fraction of sp³-hybridized carbons (Fsp3) is 0. The summed E-state index contributed by atoms with van der Waals surface area (Å²) in [6, 6.07) is 68.6. The molecule has 0 unspecified atom stereocenters. The zero-order chi connectivity index (χ0) is 33.7. The van der Waals surface area contributed by atoms with E-state index < -0.39 is 0 Å². The van der Waals surface area contributed by atoms with Crippen LogP contribution in [0.3, 0.4) is 0 Å². The number of hydrogen-bond donors (Lipinski definition) is 0. The zero-order valence-electron chi connectivity index (χ0n) is 27.7. The number of fused-ring (bicyclic) bond motifs is 6. The van der Waals surface area contributed by atoms with Gasteiger partial charge in [-0.25, -0.2) is 0 Å². The minimum absolute atomic E-state index is 1.11. The summed E-state index contributed by atoms with van der Waals surface area (Å²) in [5, 5.41) is 5.27. The van der Waals surface area contributed by atoms with E-state index in [0.29, 0.717) is 0 Å². The van der Waals surface area contributed by atoms with Crippen LogP contribution in [0.15, 0.2) is 188 Å². The first-order valence-corrected chi connectivity index (χ1v) is 18.9. The quantitative estimate of drug-likeness (QED) is 0.168. The molecular formula is C48H31NS2. The van der Waals surface area contributed by atoms with E-state index in [1.54, 1.807) is 0 Å². The van der Waals surface area contributed by atoms with Gasteiger partial charge in [-0.2, -0.15) is 0 Å². The van der Waals surface area contributed by atoms with Crippen molar-refractivity contribution in [1.82, 2.24) is 0 Å². The SMILES string of the molecule is c1ccc(-c2ccc(N(c3cccc(-c4cccc5c4sc4ccccc45)c3)c3cccc(-c4cccc5c4sc4ccccc45)c3)cc2)cc1. The Kier molecular flexibility index (Phi) is 7.26. The van der Waals surface area contributed by atoms with Crippen LogP contribution < -0.4 is 4.90 Å². The number of rotatable bonds is 6. The Labute approximate surface area is 304 Å². The van der Waals surface area contributed by atoms with E-state index in [0.717, 1.165) is 17.1 Å². The molecule has 10 rings (SSSR count). The second-order valence-electron chi connectivity index (χ2n) is 12.9. The molecule has 0 saturated carbocycles. The van der Waals surface area contributed by atoms with Gasteiger partial charge in [-0.15, -0.1) is 22.7 Å². The molecule has 10 aromatic rings. The van der Waals surface area contributed by atoms with Gasteiger partial charge in [-0.1, -0.05) is 140 Å². The first kappa shape index (κ1) is 29.9. The lowest BCUT2D eigenvalue weighted by Crippen LogP contribution is -2.10. The summed E-state index contributed by atoms with van der Waals surface area (Å²) < 4.78 is 5.30. The van der Waals surface area contributed by atoms with Crippen LogP contribution in [-0.2, 0) is 0 Å². The smallest absolute Gasteiger partial charge is 0.0467 e. The van der Waals surface area contributed by atoms with E-state index in [4.69, 9.17) is 0 Å². The summed E-state index contributed by atoms with van der Waals surface area (Å²) in [6.07, 6.45) is 0. The molecule has 240 valence electrons. The van der Waals surface area contributed by atoms with Crippen molar-refractivity contribution in [1.29, 1.82) is 0 Å². The molecule has 8 aromatic carbocycles. The second kappa shape index (κ2) is 12.4. The Hall–Kier alpha value is -6.00. The van der Waals surface area contributed by atoms with Crippen molar-refractivity contribution in [2.75, 3.05) is 4.90 Å². The maximum Gasteiger partial charge on any atom is 0.0467 e. The van der Waals surface area contributed by atoms with Crippen LogP contribution in [0, 0.1) is 0 Å². The van der Waals surface area contributed by atoms with E-state index in [1.807, 2.05) is 22.7 Å². The van der Waals surface area contributed by atoms with Gasteiger partial charge in [0.1, 0.15) is 0 Å². The van der Waals surface area contributed by atoms with Crippen LogP contribution in [-0.4, -0.2) is 0 Å². The number of benzene rings is 8. The molecule has 3 heteroatoms. The van der Waals surface area contributed by atoms with Crippen LogP contribution in [0.2, 0.25) is 0 Å². The third kappa shape index (κ3) is 5.21. The second-order valence-corrected chi connectivity index (χ2v) is 15.0. The van der Waals surface area contributed by atoms with Gasteiger partial charge in [0.15, 0.2) is 0 Å². The summed E-state index contributed by atoms with van der Waals surface area (Å²) in [4.78, 5) is 2.40. The van der Waals surface area contributed by atoms with Crippen molar-refractivity contribution in [3.8, 4) is 33.4 Å². The molecule has 1 nitrogen and oxygen atoms in total. The van der Waals surface area contributed by atoms with Gasteiger partial charge in [0.05, 0.1) is 0 Å². The molecule has 0 spiro atoms. The molecule has 0 radical (unpaired) electrons. The molecule has 2 heterocycles. The van der Waals surface area contributed by atoms with Gasteiger partial charge >= 0.3 is 0 Å². The lowest BCUT2D eigenvalue weighted by molar-refractivity contribution is 1.28. The van der Waals surface area contributed by atoms with Crippen LogP contribution in [0.25, 0.3) is 73.7 Å². The predicted molar refractivity (Wildman–Crippen MR) is 223 cm³/mol. The van der Waals surface area contributed by atoms with Crippen molar-refractivity contribution in [2.24, 2.45) is 0 Å². The van der Waals surface area contributed by atoms with Gasteiger partial charge in [-0.05, 0) is 81.9 Å². The fourth-order valence-corrected chi connectivity index (χ4v) is 9.93. The molecule has 51 heavy (non-hydrogen) atoms. The molecule has 0 aliphatic carbocycles. The number of anilines is 3. The average molecular weight is 686 g/mol. The normalized spacial score (nSPS) is 11.5. The molecule has 0 bridgehead atoms. The summed E-state index contributed by atoms with van der Waals surface area (Å²) in [7, 11) is 0. The molecule has 0 aliphatic heterocycles. The molecule has 0 amide bonds. The molecular weight excluding hydrogens is 655 g/mol. The van der Waals surface area contributed by atoms with Crippen molar-refractivity contribution in [2.45, 2.75) is 0 Å². The van der Waals surface area contributed by atoms with E-state index in [1.165, 1.54) is 73.7 Å². The maximum atomic E-state index is 2.40. The topological polar surface area (TPSA) is 3.24 Å². The molecule has 0 saturated heterocycles. The molecule has 0 aliphatic rings. The zero-order valence-corrected chi connectivity index (χ0v) is 29.3. The van der Waals surface area contributed by atoms with E-state index in [-0.39, 0.29) is 0 Å². The van der Waals surface area contributed by atoms with Crippen LogP contribution in [0.1, 0.15) is 0 Å². The Morgan fingerprint density at radius 2 is 0.725 bits per heavy atom. The highest BCUT2D eigenvalue weighted by atomic mass is 32.1. The highest BCUT2D eigenvalue weighted by Gasteiger charge is 2.18. The summed E-state index contributed by atoms with van der Waals surface area (Å²) >= 11 is 3.76. The Bertz CT molecular complexity index is 2700. The Balaban J connectivity index is 1.13. The third-order valence-electron chi connectivity index (χ3n) is 9.87. The van der Waals surface area contributed by atoms with Crippen molar-refractivity contribution in [3.63, 3.8) is 0 Å². The minimum Gasteiger partial charge on any atom is -0.310 e. The molecule has 0 N–H and O–H groups in total. The van der Waals surface area contributed by atoms with Crippen LogP contribution >= 0.6 is 22.7 Å². The fourth-order valence-electron chi connectivity index (χ4n) is 7.45. The standard InChI is InChI=1S/C48H31NS2/c1-2-12-32(13-3-1)33-26-28-36(29-27-33)49(37-16-8-14-34(30-37)39-20-10-22-43-41-18-4-6-24-45(41)50-47(39)43)38-17-9-15-35(31-38)40-21-11-23-44-42-19-5-7-25-46(42)51-48(40)44/h1-31H. The Morgan fingerprint density at radius 1 is 0.294 bits per heavy atom. The Morgan fingerprint density at radius 3 is 1.27 bits per heavy atom. The van der Waals surface area contributed by atoms with Crippen molar-refractivity contribution in [3.05, 3.63) is 188 Å². The summed E-state index contributed by atoms with van der Waals surface area (Å²) in [6.45, 7) is 0. The predicted octanol–water partition coefficient (Wildman–Crippen LogP) is 14.9. The summed E-state index contributed by atoms with van der Waals surface area (Å²) in [5.41, 5.74) is 10.7. The van der Waals surface area contributed by atoms with Crippen LogP contribution in [0.5, 0.6) is 0 Å². The highest BCUT2D eigenvalue weighted by molar-refractivity contribution is 7.26. The van der Waals surface area contributed by atoms with E-state index >= 15 is 0 Å². The number of thiophene rings is 2. The number of hydrogen-bond acceptors (Lipinski definition) is 3. The van der Waals surface area contributed by atoms with Crippen LogP contribution in [0.4, 0.5) is 17.1 Å². The van der Waals surface area contributed by atoms with Gasteiger partial charge in [0, 0.05) is 57.4 Å². The largest absolute Gasteiger partial charge is 0.310 e. The maximum absolute atomic E-state index is 2.40. The first-order valence-electron chi connectivity index (χ1n) is 17.3. The van der Waals surface area contributed by atoms with Crippen molar-refractivity contribution >= 4 is 80.1 Å². The van der Waals surface area contributed by atoms with E-state index in [9.17, 15) is 0 Å². The van der Waals surface area contributed by atoms with E-state index in [2.05, 4.69) is 193 Å². The lowest BCUT2D eigenvalue weighted by atomic mass is 10.00. The monoisotopic (exact) mass is 685 g/mol. The van der Waals surface area contributed by atoms with Crippen molar-refractivity contribution < 1.29 is 0 Å². The van der Waals surface area contributed by atoms with Gasteiger partial charge in [0.25, 0.3) is 0 Å². The van der Waals surface area contributed by atoms with Gasteiger partial charge in [-0.3, -0.25) is 0 Å². The summed E-state index contributed by atoms with van der Waals surface area (Å²) in [5.74, 6) is 0. The highest BCUT2D eigenvalue weighted by Crippen LogP contribution is 2.44. The first-order chi connectivity index (χ1) is 25.3. The minimum atomic E-state index is 1.11. The number of nitrogens with zero attached hydrogens (tertiary/aromatic N) is 1. The molecule has 2 aromatic heterocycles. The van der Waals surface area contributed by atoms with Gasteiger partial charge < -0.3 is 4.90 Å². The lowest BCUT2D eigenvalue weighted by Gasteiger charge is -2.27. The third-order valence-corrected chi connectivity index (χ3v) is 12.3. The molecule has 0 atom stereocenters. The van der Waals surface area contributed by atoms with Gasteiger partial charge in [0.2, 0.25) is 0 Å². The average Bonchev–Trinajstić information content (AvgIpc) is 3.78. The molecule has 0 fully saturated rings.